The summed E-state index contributed by atoms with van der Waals surface area (Å²) in [7, 11) is 0. The number of rotatable bonds is 4. The Bertz CT molecular complexity index is 640. The molecule has 20 heavy (non-hydrogen) atoms. The first-order valence-electron chi connectivity index (χ1n) is 6.17. The summed E-state index contributed by atoms with van der Waals surface area (Å²) in [6.07, 6.45) is 1.52. The monoisotopic (exact) mass is 263 g/mol. The summed E-state index contributed by atoms with van der Waals surface area (Å²) in [5.74, 6) is -0.611. The zero-order chi connectivity index (χ0) is 14.2. The van der Waals surface area contributed by atoms with Gasteiger partial charge in [-0.15, -0.1) is 0 Å². The van der Waals surface area contributed by atoms with Gasteiger partial charge in [0.15, 0.2) is 0 Å². The first kappa shape index (κ1) is 13.6. The molecule has 0 aliphatic carbocycles. The molecule has 0 atom stereocenters. The van der Waals surface area contributed by atoms with Crippen molar-refractivity contribution in [3.63, 3.8) is 0 Å². The van der Waals surface area contributed by atoms with Crippen molar-refractivity contribution in [2.45, 2.75) is 6.61 Å². The van der Waals surface area contributed by atoms with Crippen LogP contribution in [0.3, 0.4) is 0 Å². The molecule has 3 heteroatoms. The smallest absolute Gasteiger partial charge is 0.349 e. The fourth-order valence-corrected chi connectivity index (χ4v) is 1.65. The van der Waals surface area contributed by atoms with Crippen molar-refractivity contribution >= 4 is 12.0 Å². The Balaban J connectivity index is 2.03. The second-order valence-electron chi connectivity index (χ2n) is 4.14. The maximum atomic E-state index is 11.8. The van der Waals surface area contributed by atoms with Gasteiger partial charge in [0.25, 0.3) is 0 Å². The van der Waals surface area contributed by atoms with E-state index in [0.717, 1.165) is 11.1 Å². The fraction of sp³-hybridized carbons (Fsp3) is 0.0588. The van der Waals surface area contributed by atoms with Crippen molar-refractivity contribution in [1.29, 1.82) is 5.26 Å². The van der Waals surface area contributed by atoms with Crippen LogP contribution in [0.5, 0.6) is 0 Å². The van der Waals surface area contributed by atoms with Gasteiger partial charge >= 0.3 is 5.97 Å². The number of hydrogen-bond donors (Lipinski definition) is 0. The van der Waals surface area contributed by atoms with E-state index in [1.54, 1.807) is 0 Å². The fourth-order valence-electron chi connectivity index (χ4n) is 1.65. The summed E-state index contributed by atoms with van der Waals surface area (Å²) in [6.45, 7) is 0.160. The van der Waals surface area contributed by atoms with Crippen molar-refractivity contribution in [1.82, 2.24) is 0 Å². The molecule has 0 saturated heterocycles. The van der Waals surface area contributed by atoms with Gasteiger partial charge in [0.1, 0.15) is 18.2 Å². The molecule has 3 nitrogen and oxygen atoms in total. The molecule has 2 rings (SSSR count). The third-order valence-electron chi connectivity index (χ3n) is 2.66. The quantitative estimate of drug-likeness (QED) is 0.483. The number of nitrogens with zero attached hydrogens (tertiary/aromatic N) is 1. The maximum Gasteiger partial charge on any atom is 0.349 e. The summed E-state index contributed by atoms with van der Waals surface area (Å²) in [5, 5.41) is 9.04. The molecule has 0 heterocycles. The summed E-state index contributed by atoms with van der Waals surface area (Å²) in [4.78, 5) is 11.8. The van der Waals surface area contributed by atoms with Crippen LogP contribution in [-0.2, 0) is 16.1 Å². The van der Waals surface area contributed by atoms with Crippen LogP contribution >= 0.6 is 0 Å². The molecule has 0 saturated carbocycles. The van der Waals surface area contributed by atoms with E-state index < -0.39 is 5.97 Å². The minimum Gasteiger partial charge on any atom is -0.457 e. The molecule has 0 aromatic heterocycles. The van der Waals surface area contributed by atoms with E-state index in [4.69, 9.17) is 10.00 Å². The first-order valence-corrected chi connectivity index (χ1v) is 6.17. The van der Waals surface area contributed by atoms with Crippen LogP contribution in [0.4, 0.5) is 0 Å². The lowest BCUT2D eigenvalue weighted by molar-refractivity contribution is -0.139. The average Bonchev–Trinajstić information content (AvgIpc) is 2.52. The van der Waals surface area contributed by atoms with E-state index in [1.807, 2.05) is 66.7 Å². The van der Waals surface area contributed by atoms with E-state index in [-0.39, 0.29) is 12.2 Å². The normalized spacial score (nSPS) is 10.7. The van der Waals surface area contributed by atoms with E-state index in [0.29, 0.717) is 0 Å². The predicted molar refractivity (Wildman–Crippen MR) is 76.3 cm³/mol. The lowest BCUT2D eigenvalue weighted by Crippen LogP contribution is -2.06. The van der Waals surface area contributed by atoms with Crippen LogP contribution in [-0.4, -0.2) is 5.97 Å². The van der Waals surface area contributed by atoms with Gasteiger partial charge in [-0.2, -0.15) is 5.26 Å². The number of ether oxygens (including phenoxy) is 1. The topological polar surface area (TPSA) is 50.1 Å². The highest BCUT2D eigenvalue weighted by Crippen LogP contribution is 2.09. The van der Waals surface area contributed by atoms with Crippen molar-refractivity contribution < 1.29 is 9.53 Å². The molecule has 0 aliphatic heterocycles. The molecule has 2 aromatic rings. The van der Waals surface area contributed by atoms with Crippen LogP contribution in [0.1, 0.15) is 11.1 Å². The number of hydrogen-bond acceptors (Lipinski definition) is 3. The maximum absolute atomic E-state index is 11.8. The highest BCUT2D eigenvalue weighted by atomic mass is 16.5. The lowest BCUT2D eigenvalue weighted by atomic mass is 10.1. The number of esters is 1. The lowest BCUT2D eigenvalue weighted by Gasteiger charge is -2.03. The Kier molecular flexibility index (Phi) is 4.69. The molecular weight excluding hydrogens is 250 g/mol. The molecular formula is C17H13NO2. The molecule has 0 N–H and O–H groups in total. The van der Waals surface area contributed by atoms with Gasteiger partial charge in [0, 0.05) is 0 Å². The average molecular weight is 263 g/mol. The van der Waals surface area contributed by atoms with E-state index >= 15 is 0 Å². The SMILES string of the molecule is N#CC(=Cc1ccccc1)C(=O)OCc1ccccc1. The number of nitriles is 1. The Hall–Kier alpha value is -2.86. The molecule has 0 radical (unpaired) electrons. The Morgan fingerprint density at radius 3 is 2.25 bits per heavy atom. The van der Waals surface area contributed by atoms with Gasteiger partial charge in [-0.05, 0) is 17.2 Å². The van der Waals surface area contributed by atoms with Crippen molar-refractivity contribution in [3.8, 4) is 6.07 Å². The number of carbonyl (C=O) groups excluding carboxylic acids is 1. The van der Waals surface area contributed by atoms with E-state index in [9.17, 15) is 4.79 Å². The highest BCUT2D eigenvalue weighted by molar-refractivity contribution is 5.97. The highest BCUT2D eigenvalue weighted by Gasteiger charge is 2.10. The van der Waals surface area contributed by atoms with Crippen molar-refractivity contribution in [2.75, 3.05) is 0 Å². The van der Waals surface area contributed by atoms with Crippen LogP contribution in [0.2, 0.25) is 0 Å². The zero-order valence-corrected chi connectivity index (χ0v) is 10.8. The van der Waals surface area contributed by atoms with Crippen LogP contribution < -0.4 is 0 Å². The molecule has 0 fully saturated rings. The van der Waals surface area contributed by atoms with Gasteiger partial charge in [-0.3, -0.25) is 0 Å². The van der Waals surface area contributed by atoms with Gasteiger partial charge in [0.2, 0.25) is 0 Å². The summed E-state index contributed by atoms with van der Waals surface area (Å²) < 4.78 is 5.12. The van der Waals surface area contributed by atoms with Crippen LogP contribution in [0, 0.1) is 11.3 Å². The minimum atomic E-state index is -0.611. The Morgan fingerprint density at radius 1 is 1.05 bits per heavy atom. The van der Waals surface area contributed by atoms with Gasteiger partial charge < -0.3 is 4.74 Å². The minimum absolute atomic E-state index is 0.00729. The third-order valence-corrected chi connectivity index (χ3v) is 2.66. The molecule has 0 spiro atoms. The standard InChI is InChI=1S/C17H13NO2/c18-12-16(11-14-7-3-1-4-8-14)17(19)20-13-15-9-5-2-6-10-15/h1-11H,13H2. The molecule has 98 valence electrons. The van der Waals surface area contributed by atoms with Gasteiger partial charge in [0.05, 0.1) is 0 Å². The van der Waals surface area contributed by atoms with Gasteiger partial charge in [-0.25, -0.2) is 4.79 Å². The van der Waals surface area contributed by atoms with E-state index in [1.165, 1.54) is 6.08 Å². The molecule has 0 bridgehead atoms. The second-order valence-corrected chi connectivity index (χ2v) is 4.14. The Morgan fingerprint density at radius 2 is 1.65 bits per heavy atom. The largest absolute Gasteiger partial charge is 0.457 e. The van der Waals surface area contributed by atoms with Crippen LogP contribution in [0.15, 0.2) is 66.2 Å². The predicted octanol–water partition coefficient (Wildman–Crippen LogP) is 3.34. The summed E-state index contributed by atoms with van der Waals surface area (Å²) >= 11 is 0. The Labute approximate surface area is 117 Å². The third kappa shape index (κ3) is 3.82. The van der Waals surface area contributed by atoms with Gasteiger partial charge in [-0.1, -0.05) is 60.7 Å². The first-order chi connectivity index (χ1) is 9.79. The molecule has 2 aromatic carbocycles. The summed E-state index contributed by atoms with van der Waals surface area (Å²) in [6, 6.07) is 20.4. The summed E-state index contributed by atoms with van der Waals surface area (Å²) in [5.41, 5.74) is 1.67. The second kappa shape index (κ2) is 6.91. The van der Waals surface area contributed by atoms with Crippen LogP contribution in [0.25, 0.3) is 6.08 Å². The number of benzene rings is 2. The number of carbonyl (C=O) groups is 1. The van der Waals surface area contributed by atoms with Crippen molar-refractivity contribution in [3.05, 3.63) is 77.4 Å². The molecule has 0 aliphatic rings. The molecule has 0 unspecified atom stereocenters. The van der Waals surface area contributed by atoms with E-state index in [2.05, 4.69) is 0 Å². The van der Waals surface area contributed by atoms with Crippen molar-refractivity contribution in [2.24, 2.45) is 0 Å². The molecule has 0 amide bonds. The zero-order valence-electron chi connectivity index (χ0n) is 10.8.